The van der Waals surface area contributed by atoms with E-state index < -0.39 is 6.03 Å². The molecule has 1 aromatic heterocycles. The molecule has 2 aliphatic heterocycles. The first-order valence-corrected chi connectivity index (χ1v) is 9.76. The van der Waals surface area contributed by atoms with Gasteiger partial charge in [0.15, 0.2) is 0 Å². The molecule has 28 heavy (non-hydrogen) atoms. The van der Waals surface area contributed by atoms with Crippen LogP contribution >= 0.6 is 0 Å². The van der Waals surface area contributed by atoms with Crippen molar-refractivity contribution < 1.29 is 14.3 Å². The Morgan fingerprint density at radius 2 is 2.14 bits per heavy atom. The van der Waals surface area contributed by atoms with Crippen molar-refractivity contribution in [2.45, 2.75) is 38.3 Å². The molecule has 1 aromatic carbocycles. The lowest BCUT2D eigenvalue weighted by molar-refractivity contribution is -0.117. The van der Waals surface area contributed by atoms with Gasteiger partial charge in [-0.25, -0.2) is 4.79 Å². The molecule has 3 heterocycles. The number of para-hydroxylation sites is 1. The van der Waals surface area contributed by atoms with Gasteiger partial charge in [-0.1, -0.05) is 18.2 Å². The van der Waals surface area contributed by atoms with E-state index in [-0.39, 0.29) is 18.6 Å². The molecule has 1 atom stereocenters. The van der Waals surface area contributed by atoms with E-state index in [1.807, 2.05) is 24.3 Å². The molecule has 148 valence electrons. The van der Waals surface area contributed by atoms with Crippen LogP contribution in [0.3, 0.4) is 0 Å². The van der Waals surface area contributed by atoms with Crippen LogP contribution in [0, 0.1) is 0 Å². The lowest BCUT2D eigenvalue weighted by atomic mass is 10.0. The molecule has 1 saturated heterocycles. The van der Waals surface area contributed by atoms with E-state index in [1.54, 1.807) is 22.0 Å². The minimum atomic E-state index is -0.421. The van der Waals surface area contributed by atoms with E-state index in [4.69, 9.17) is 4.74 Å². The third-order valence-electron chi connectivity index (χ3n) is 5.12. The lowest BCUT2D eigenvalue weighted by Crippen LogP contribution is -2.43. The third kappa shape index (κ3) is 4.33. The Bertz CT molecular complexity index is 844. The summed E-state index contributed by atoms with van der Waals surface area (Å²) in [7, 11) is 0. The van der Waals surface area contributed by atoms with Crippen LogP contribution in [-0.2, 0) is 22.5 Å². The van der Waals surface area contributed by atoms with Crippen LogP contribution in [0.4, 0.5) is 16.2 Å². The fourth-order valence-electron chi connectivity index (χ4n) is 3.74. The summed E-state index contributed by atoms with van der Waals surface area (Å²) in [4.78, 5) is 26.5. The van der Waals surface area contributed by atoms with Crippen LogP contribution < -0.4 is 15.5 Å². The van der Waals surface area contributed by atoms with Crippen molar-refractivity contribution in [2.75, 3.05) is 29.9 Å². The third-order valence-corrected chi connectivity index (χ3v) is 5.12. The SMILES string of the molecule is O=C(NCC(=O)N1CCCc2ccccc21)Nc1cnn(CC2CCCO2)c1. The summed E-state index contributed by atoms with van der Waals surface area (Å²) < 4.78 is 7.36. The van der Waals surface area contributed by atoms with Crippen LogP contribution in [0.15, 0.2) is 36.7 Å². The number of anilines is 2. The van der Waals surface area contributed by atoms with Gasteiger partial charge >= 0.3 is 6.03 Å². The highest BCUT2D eigenvalue weighted by Crippen LogP contribution is 2.26. The largest absolute Gasteiger partial charge is 0.376 e. The first-order valence-electron chi connectivity index (χ1n) is 9.76. The van der Waals surface area contributed by atoms with Crippen molar-refractivity contribution >= 4 is 23.3 Å². The predicted molar refractivity (Wildman–Crippen MR) is 105 cm³/mol. The van der Waals surface area contributed by atoms with Gasteiger partial charge < -0.3 is 20.3 Å². The second kappa shape index (κ2) is 8.43. The smallest absolute Gasteiger partial charge is 0.319 e. The van der Waals surface area contributed by atoms with Crippen molar-refractivity contribution in [3.05, 3.63) is 42.2 Å². The highest BCUT2D eigenvalue weighted by molar-refractivity contribution is 5.99. The summed E-state index contributed by atoms with van der Waals surface area (Å²) in [5.74, 6) is -0.114. The zero-order valence-electron chi connectivity index (χ0n) is 15.8. The summed E-state index contributed by atoms with van der Waals surface area (Å²) in [6.45, 7) is 2.10. The van der Waals surface area contributed by atoms with Gasteiger partial charge in [0.2, 0.25) is 5.91 Å². The van der Waals surface area contributed by atoms with E-state index in [9.17, 15) is 9.59 Å². The average molecular weight is 383 g/mol. The maximum Gasteiger partial charge on any atom is 0.319 e. The Morgan fingerprint density at radius 3 is 3.00 bits per heavy atom. The molecule has 3 amide bonds. The molecule has 4 rings (SSSR count). The van der Waals surface area contributed by atoms with Crippen LogP contribution in [0.25, 0.3) is 0 Å². The number of benzene rings is 1. The molecule has 1 fully saturated rings. The van der Waals surface area contributed by atoms with E-state index in [2.05, 4.69) is 15.7 Å². The summed E-state index contributed by atoms with van der Waals surface area (Å²) in [5, 5.41) is 9.60. The van der Waals surface area contributed by atoms with Gasteiger partial charge in [0.1, 0.15) is 0 Å². The Balaban J connectivity index is 1.27. The van der Waals surface area contributed by atoms with Crippen molar-refractivity contribution in [1.82, 2.24) is 15.1 Å². The normalized spacial score (nSPS) is 18.6. The Hall–Kier alpha value is -2.87. The Morgan fingerprint density at radius 1 is 1.25 bits per heavy atom. The van der Waals surface area contributed by atoms with Gasteiger partial charge in [-0.3, -0.25) is 9.48 Å². The van der Waals surface area contributed by atoms with E-state index in [1.165, 1.54) is 5.56 Å². The number of hydrogen-bond acceptors (Lipinski definition) is 4. The number of fused-ring (bicyclic) bond motifs is 1. The van der Waals surface area contributed by atoms with Crippen LogP contribution in [-0.4, -0.2) is 47.5 Å². The number of aryl methyl sites for hydroxylation is 1. The first-order chi connectivity index (χ1) is 13.7. The maximum atomic E-state index is 12.6. The number of urea groups is 1. The number of ether oxygens (including phenoxy) is 1. The average Bonchev–Trinajstić information content (AvgIpc) is 3.38. The Kier molecular flexibility index (Phi) is 5.57. The number of aromatic nitrogens is 2. The second-order valence-corrected chi connectivity index (χ2v) is 7.17. The topological polar surface area (TPSA) is 88.5 Å². The Labute approximate surface area is 163 Å². The minimum Gasteiger partial charge on any atom is -0.376 e. The molecule has 0 bridgehead atoms. The maximum absolute atomic E-state index is 12.6. The monoisotopic (exact) mass is 383 g/mol. The zero-order valence-corrected chi connectivity index (χ0v) is 15.8. The molecule has 0 radical (unpaired) electrons. The predicted octanol–water partition coefficient (Wildman–Crippen LogP) is 2.16. The summed E-state index contributed by atoms with van der Waals surface area (Å²) >= 11 is 0. The van der Waals surface area contributed by atoms with Crippen molar-refractivity contribution in [3.8, 4) is 0 Å². The number of carbonyl (C=O) groups excluding carboxylic acids is 2. The number of carbonyl (C=O) groups is 2. The molecule has 8 heteroatoms. The van der Waals surface area contributed by atoms with Gasteiger partial charge in [0, 0.05) is 25.0 Å². The molecule has 0 spiro atoms. The molecule has 2 N–H and O–H groups in total. The molecule has 0 saturated carbocycles. The minimum absolute atomic E-state index is 0.0514. The first kappa shape index (κ1) is 18.5. The molecule has 0 aliphatic carbocycles. The van der Waals surface area contributed by atoms with Crippen LogP contribution in [0.1, 0.15) is 24.8 Å². The van der Waals surface area contributed by atoms with E-state index >= 15 is 0 Å². The fraction of sp³-hybridized carbons (Fsp3) is 0.450. The molecule has 2 aromatic rings. The van der Waals surface area contributed by atoms with Gasteiger partial charge in [-0.15, -0.1) is 0 Å². The molecular weight excluding hydrogens is 358 g/mol. The van der Waals surface area contributed by atoms with Crippen LogP contribution in [0.5, 0.6) is 0 Å². The number of hydrogen-bond donors (Lipinski definition) is 2. The quantitative estimate of drug-likeness (QED) is 0.828. The highest BCUT2D eigenvalue weighted by Gasteiger charge is 2.22. The molecule has 8 nitrogen and oxygen atoms in total. The van der Waals surface area contributed by atoms with E-state index in [0.29, 0.717) is 18.8 Å². The number of nitrogens with one attached hydrogen (secondary N) is 2. The number of nitrogens with zero attached hydrogens (tertiary/aromatic N) is 3. The number of rotatable bonds is 5. The van der Waals surface area contributed by atoms with Gasteiger partial charge in [0.05, 0.1) is 31.1 Å². The van der Waals surface area contributed by atoms with Gasteiger partial charge in [0.25, 0.3) is 0 Å². The number of amides is 3. The summed E-state index contributed by atoms with van der Waals surface area (Å²) in [5.41, 5.74) is 2.70. The summed E-state index contributed by atoms with van der Waals surface area (Å²) in [6, 6.07) is 7.49. The van der Waals surface area contributed by atoms with E-state index in [0.717, 1.165) is 38.0 Å². The van der Waals surface area contributed by atoms with Crippen molar-refractivity contribution in [2.24, 2.45) is 0 Å². The molecule has 2 aliphatic rings. The molecular formula is C20H25N5O3. The molecule has 1 unspecified atom stereocenters. The second-order valence-electron chi connectivity index (χ2n) is 7.17. The van der Waals surface area contributed by atoms with Crippen LogP contribution in [0.2, 0.25) is 0 Å². The summed E-state index contributed by atoms with van der Waals surface area (Å²) in [6.07, 6.45) is 7.57. The van der Waals surface area contributed by atoms with Crippen molar-refractivity contribution in [1.29, 1.82) is 0 Å². The highest BCUT2D eigenvalue weighted by atomic mass is 16.5. The van der Waals surface area contributed by atoms with Gasteiger partial charge in [-0.05, 0) is 37.3 Å². The van der Waals surface area contributed by atoms with Gasteiger partial charge in [-0.2, -0.15) is 5.10 Å². The van der Waals surface area contributed by atoms with Crippen molar-refractivity contribution in [3.63, 3.8) is 0 Å². The fourth-order valence-corrected chi connectivity index (χ4v) is 3.74. The lowest BCUT2D eigenvalue weighted by Gasteiger charge is -2.29. The zero-order chi connectivity index (χ0) is 19.3. The standard InChI is InChI=1S/C20H25N5O3/c26-19(25-9-3-6-15-5-1-2-8-18(15)25)12-21-20(27)23-16-11-22-24(13-16)14-17-7-4-10-28-17/h1-2,5,8,11,13,17H,3-4,6-7,9-10,12,14H2,(H2,21,23,27).